The lowest BCUT2D eigenvalue weighted by molar-refractivity contribution is -0.126. The van der Waals surface area contributed by atoms with Gasteiger partial charge in [0.25, 0.3) is 5.91 Å². The van der Waals surface area contributed by atoms with Gasteiger partial charge in [-0.05, 0) is 80.1 Å². The Morgan fingerprint density at radius 3 is 2.46 bits per heavy atom. The summed E-state index contributed by atoms with van der Waals surface area (Å²) >= 11 is 20.2. The maximum atomic E-state index is 14.2. The van der Waals surface area contributed by atoms with Gasteiger partial charge in [-0.15, -0.1) is 11.3 Å². The summed E-state index contributed by atoms with van der Waals surface area (Å²) in [4.78, 5) is 49.6. The number of hydrogen-bond acceptors (Lipinski definition) is 7. The third-order valence-corrected chi connectivity index (χ3v) is 9.40. The number of imide groups is 1. The van der Waals surface area contributed by atoms with Crippen molar-refractivity contribution in [2.24, 2.45) is 5.92 Å². The van der Waals surface area contributed by atoms with Gasteiger partial charge in [0.2, 0.25) is 5.91 Å². The van der Waals surface area contributed by atoms with Gasteiger partial charge in [0, 0.05) is 19.9 Å². The molecule has 0 radical (unpaired) electrons. The molecule has 0 saturated carbocycles. The summed E-state index contributed by atoms with van der Waals surface area (Å²) in [6, 6.07) is 11.2. The van der Waals surface area contributed by atoms with Crippen molar-refractivity contribution in [1.82, 2.24) is 0 Å². The SMILES string of the molecule is CCOC(=O)c1c(N2C(=O)[C@H]3[C@H](ON(c4ccc(Cl)cc4)[C@@H]3c3ccc(Cl)cc3Cl)C2=O)sc2c1CCCC2. The Kier molecular flexibility index (Phi) is 7.10. The molecule has 202 valence electrons. The fourth-order valence-electron chi connectivity index (χ4n) is 5.61. The van der Waals surface area contributed by atoms with Gasteiger partial charge in [0.15, 0.2) is 6.10 Å². The monoisotopic (exact) mass is 604 g/mol. The number of esters is 1. The molecular formula is C28H23Cl3N2O5S. The molecule has 3 aliphatic rings. The molecule has 0 N–H and O–H groups in total. The van der Waals surface area contributed by atoms with E-state index in [0.717, 1.165) is 34.6 Å². The normalized spacial score (nSPS) is 22.3. The van der Waals surface area contributed by atoms with E-state index in [1.807, 2.05) is 0 Å². The minimum atomic E-state index is -1.11. The number of carbonyl (C=O) groups is 3. The van der Waals surface area contributed by atoms with Gasteiger partial charge in [-0.3, -0.25) is 14.4 Å². The number of benzene rings is 2. The first kappa shape index (κ1) is 26.6. The number of thiophene rings is 1. The number of hydroxylamine groups is 1. The second-order valence-electron chi connectivity index (χ2n) is 9.59. The zero-order valence-corrected chi connectivity index (χ0v) is 23.9. The van der Waals surface area contributed by atoms with Crippen molar-refractivity contribution >= 4 is 74.6 Å². The summed E-state index contributed by atoms with van der Waals surface area (Å²) in [5.41, 5.74) is 2.38. The van der Waals surface area contributed by atoms with Crippen LogP contribution in [0.5, 0.6) is 0 Å². The van der Waals surface area contributed by atoms with Crippen LogP contribution in [0.4, 0.5) is 10.7 Å². The topological polar surface area (TPSA) is 76.2 Å². The minimum absolute atomic E-state index is 0.187. The van der Waals surface area contributed by atoms with Gasteiger partial charge in [-0.2, -0.15) is 0 Å². The molecular weight excluding hydrogens is 583 g/mol. The second kappa shape index (κ2) is 10.4. The quantitative estimate of drug-likeness (QED) is 0.235. The summed E-state index contributed by atoms with van der Waals surface area (Å²) < 4.78 is 5.36. The maximum Gasteiger partial charge on any atom is 0.341 e. The molecule has 3 aromatic rings. The van der Waals surface area contributed by atoms with E-state index in [2.05, 4.69) is 0 Å². The third-order valence-electron chi connectivity index (χ3n) is 7.31. The molecule has 2 aromatic carbocycles. The fraction of sp³-hybridized carbons (Fsp3) is 0.321. The van der Waals surface area contributed by atoms with Gasteiger partial charge in [0.05, 0.1) is 23.9 Å². The van der Waals surface area contributed by atoms with Crippen molar-refractivity contribution in [3.63, 3.8) is 0 Å². The van der Waals surface area contributed by atoms with Gasteiger partial charge in [-0.1, -0.05) is 40.9 Å². The zero-order chi connectivity index (χ0) is 27.4. The highest BCUT2D eigenvalue weighted by molar-refractivity contribution is 7.17. The van der Waals surface area contributed by atoms with E-state index in [4.69, 9.17) is 44.4 Å². The van der Waals surface area contributed by atoms with Crippen LogP contribution in [-0.2, 0) is 32.0 Å². The van der Waals surface area contributed by atoms with E-state index in [9.17, 15) is 14.4 Å². The Bertz CT molecular complexity index is 1490. The van der Waals surface area contributed by atoms with E-state index >= 15 is 0 Å². The van der Waals surface area contributed by atoms with E-state index < -0.39 is 35.8 Å². The van der Waals surface area contributed by atoms with E-state index in [1.165, 1.54) is 11.3 Å². The molecule has 0 spiro atoms. The van der Waals surface area contributed by atoms with Crippen LogP contribution in [0.1, 0.15) is 52.2 Å². The molecule has 0 unspecified atom stereocenters. The number of fused-ring (bicyclic) bond motifs is 2. The number of carbonyl (C=O) groups excluding carboxylic acids is 3. The van der Waals surface area contributed by atoms with E-state index in [0.29, 0.717) is 43.3 Å². The molecule has 6 rings (SSSR count). The first-order valence-electron chi connectivity index (χ1n) is 12.7. The van der Waals surface area contributed by atoms with E-state index in [1.54, 1.807) is 54.5 Å². The average Bonchev–Trinajstić information content (AvgIpc) is 3.55. The van der Waals surface area contributed by atoms with Crippen molar-refractivity contribution in [3.05, 3.63) is 79.1 Å². The Morgan fingerprint density at radius 2 is 1.74 bits per heavy atom. The summed E-state index contributed by atoms with van der Waals surface area (Å²) in [5.74, 6) is -2.42. The Labute approximate surface area is 244 Å². The highest BCUT2D eigenvalue weighted by Gasteiger charge is 2.61. The molecule has 7 nitrogen and oxygen atoms in total. The summed E-state index contributed by atoms with van der Waals surface area (Å²) in [6.07, 6.45) is 2.29. The predicted octanol–water partition coefficient (Wildman–Crippen LogP) is 6.81. The average molecular weight is 606 g/mol. The number of aryl methyl sites for hydroxylation is 1. The maximum absolute atomic E-state index is 14.2. The Balaban J connectivity index is 1.46. The molecule has 2 fully saturated rings. The smallest absolute Gasteiger partial charge is 0.341 e. The van der Waals surface area contributed by atoms with Gasteiger partial charge in [-0.25, -0.2) is 14.8 Å². The third kappa shape index (κ3) is 4.43. The molecule has 0 bridgehead atoms. The lowest BCUT2D eigenvalue weighted by Crippen LogP contribution is -2.37. The standard InChI is InChI=1S/C28H23Cl3N2O5S/c1-2-37-28(36)21-18-5-3-4-6-20(18)39-27(21)32-25(34)22-23(17-12-9-15(30)13-19(17)31)33(38-24(22)26(32)35)16-10-7-14(29)8-11-16/h7-13,22-24H,2-6H2,1H3/t22-,23-,24+/m1/s1. The van der Waals surface area contributed by atoms with Crippen molar-refractivity contribution in [2.45, 2.75) is 44.8 Å². The summed E-state index contributed by atoms with van der Waals surface area (Å²) in [7, 11) is 0. The highest BCUT2D eigenvalue weighted by atomic mass is 35.5. The van der Waals surface area contributed by atoms with Crippen molar-refractivity contribution in [2.75, 3.05) is 16.6 Å². The first-order chi connectivity index (χ1) is 18.8. The van der Waals surface area contributed by atoms with Crippen LogP contribution in [0, 0.1) is 5.92 Å². The number of ether oxygens (including phenoxy) is 1. The van der Waals surface area contributed by atoms with Gasteiger partial charge < -0.3 is 4.74 Å². The highest BCUT2D eigenvalue weighted by Crippen LogP contribution is 2.51. The second-order valence-corrected chi connectivity index (χ2v) is 12.0. The van der Waals surface area contributed by atoms with Gasteiger partial charge >= 0.3 is 5.97 Å². The molecule has 2 amide bonds. The molecule has 1 aromatic heterocycles. The Morgan fingerprint density at radius 1 is 1.03 bits per heavy atom. The van der Waals surface area contributed by atoms with Crippen LogP contribution in [0.15, 0.2) is 42.5 Å². The Hall–Kier alpha value is -2.62. The van der Waals surface area contributed by atoms with Crippen LogP contribution in [-0.4, -0.2) is 30.5 Å². The number of anilines is 2. The van der Waals surface area contributed by atoms with E-state index in [-0.39, 0.29) is 6.61 Å². The van der Waals surface area contributed by atoms with Gasteiger partial charge in [0.1, 0.15) is 10.9 Å². The summed E-state index contributed by atoms with van der Waals surface area (Å²) in [6.45, 7) is 1.92. The number of amides is 2. The molecule has 11 heteroatoms. The van der Waals surface area contributed by atoms with Crippen LogP contribution in [0.25, 0.3) is 0 Å². The first-order valence-corrected chi connectivity index (χ1v) is 14.6. The lowest BCUT2D eigenvalue weighted by atomic mass is 9.90. The van der Waals surface area contributed by atoms with Crippen LogP contribution >= 0.6 is 46.1 Å². The molecule has 3 heterocycles. The number of hydrogen-bond donors (Lipinski definition) is 0. The fourth-order valence-corrected chi connectivity index (χ4v) is 7.64. The number of rotatable bonds is 5. The van der Waals surface area contributed by atoms with Crippen molar-refractivity contribution in [3.8, 4) is 0 Å². The molecule has 39 heavy (non-hydrogen) atoms. The lowest BCUT2D eigenvalue weighted by Gasteiger charge is -2.29. The predicted molar refractivity (Wildman–Crippen MR) is 151 cm³/mol. The minimum Gasteiger partial charge on any atom is -0.462 e. The summed E-state index contributed by atoms with van der Waals surface area (Å²) in [5, 5.41) is 3.17. The molecule has 3 atom stereocenters. The number of nitrogens with zero attached hydrogens (tertiary/aromatic N) is 2. The van der Waals surface area contributed by atoms with Crippen LogP contribution < -0.4 is 9.96 Å². The van der Waals surface area contributed by atoms with Crippen molar-refractivity contribution < 1.29 is 24.0 Å². The molecule has 1 aliphatic carbocycles. The van der Waals surface area contributed by atoms with Crippen LogP contribution in [0.3, 0.4) is 0 Å². The zero-order valence-electron chi connectivity index (χ0n) is 20.8. The van der Waals surface area contributed by atoms with Crippen molar-refractivity contribution in [1.29, 1.82) is 0 Å². The largest absolute Gasteiger partial charge is 0.462 e. The van der Waals surface area contributed by atoms with Crippen LogP contribution in [0.2, 0.25) is 15.1 Å². The number of halogens is 3. The molecule has 2 saturated heterocycles. The molecule has 2 aliphatic heterocycles.